The molecule has 1 aliphatic rings. The van der Waals surface area contributed by atoms with Gasteiger partial charge in [-0.15, -0.1) is 0 Å². The van der Waals surface area contributed by atoms with Gasteiger partial charge in [0.1, 0.15) is 5.02 Å². The second-order valence-corrected chi connectivity index (χ2v) is 5.00. The highest BCUT2D eigenvalue weighted by atomic mass is 35.5. The van der Waals surface area contributed by atoms with Crippen molar-refractivity contribution in [3.8, 4) is 0 Å². The van der Waals surface area contributed by atoms with E-state index >= 15 is 0 Å². The normalized spacial score (nSPS) is 16.3. The molecule has 4 N–H and O–H groups in total. The van der Waals surface area contributed by atoms with Crippen LogP contribution in [0.1, 0.15) is 32.1 Å². The van der Waals surface area contributed by atoms with Crippen LogP contribution in [0.5, 0.6) is 0 Å². The summed E-state index contributed by atoms with van der Waals surface area (Å²) in [5.41, 5.74) is 2.38. The summed E-state index contributed by atoms with van der Waals surface area (Å²) in [7, 11) is 0. The van der Waals surface area contributed by atoms with Crippen LogP contribution in [0.2, 0.25) is 5.02 Å². The van der Waals surface area contributed by atoms with Crippen LogP contribution >= 0.6 is 11.6 Å². The first-order valence-corrected chi connectivity index (χ1v) is 7.02. The quantitative estimate of drug-likeness (QED) is 0.422. The molecule has 0 radical (unpaired) electrons. The van der Waals surface area contributed by atoms with E-state index in [1.54, 1.807) is 0 Å². The number of nitrogens with two attached hydrogens (primary N) is 1. The number of aromatic nitrogens is 2. The molecule has 0 aromatic carbocycles. The topological polar surface area (TPSA) is 85.1 Å². The van der Waals surface area contributed by atoms with Gasteiger partial charge in [0.2, 0.25) is 5.95 Å². The summed E-state index contributed by atoms with van der Waals surface area (Å²) < 4.78 is 5.81. The van der Waals surface area contributed by atoms with Crippen molar-refractivity contribution in [2.75, 3.05) is 23.9 Å². The second kappa shape index (κ2) is 7.47. The minimum absolute atomic E-state index is 0.333. The Labute approximate surface area is 118 Å². The molecule has 7 heteroatoms. The molecule has 0 saturated heterocycles. The average molecular weight is 286 g/mol. The van der Waals surface area contributed by atoms with Crippen LogP contribution in [-0.2, 0) is 4.74 Å². The van der Waals surface area contributed by atoms with E-state index in [1.807, 2.05) is 0 Å². The van der Waals surface area contributed by atoms with E-state index in [-0.39, 0.29) is 0 Å². The molecule has 0 bridgehead atoms. The summed E-state index contributed by atoms with van der Waals surface area (Å²) in [6.07, 6.45) is 8.17. The van der Waals surface area contributed by atoms with Crippen LogP contribution in [0, 0.1) is 0 Å². The number of nitrogens with one attached hydrogen (secondary N) is 2. The Morgan fingerprint density at radius 2 is 2.16 bits per heavy atom. The number of halogens is 1. The van der Waals surface area contributed by atoms with Crippen molar-refractivity contribution in [1.29, 1.82) is 0 Å². The van der Waals surface area contributed by atoms with Gasteiger partial charge in [0.05, 0.1) is 18.9 Å². The van der Waals surface area contributed by atoms with E-state index in [0.29, 0.717) is 36.0 Å². The van der Waals surface area contributed by atoms with Gasteiger partial charge in [0, 0.05) is 6.54 Å². The van der Waals surface area contributed by atoms with E-state index in [4.69, 9.17) is 22.2 Å². The van der Waals surface area contributed by atoms with E-state index in [0.717, 1.165) is 0 Å². The standard InChI is InChI=1S/C12H20ClN5O/c13-10-8-16-12(18-14)17-11(10)15-6-7-19-9-4-2-1-3-5-9/h8-9H,1-7,14H2,(H2,15,16,17,18). The van der Waals surface area contributed by atoms with E-state index in [1.165, 1.54) is 38.3 Å². The minimum Gasteiger partial charge on any atom is -0.376 e. The highest BCUT2D eigenvalue weighted by Gasteiger charge is 2.13. The Balaban J connectivity index is 1.72. The van der Waals surface area contributed by atoms with Gasteiger partial charge in [-0.3, -0.25) is 5.43 Å². The van der Waals surface area contributed by atoms with Gasteiger partial charge in [-0.05, 0) is 12.8 Å². The molecule has 0 aliphatic heterocycles. The third-order valence-corrected chi connectivity index (χ3v) is 3.45. The SMILES string of the molecule is NNc1ncc(Cl)c(NCCOC2CCCCC2)n1. The third-order valence-electron chi connectivity index (χ3n) is 3.17. The highest BCUT2D eigenvalue weighted by molar-refractivity contribution is 6.32. The van der Waals surface area contributed by atoms with Gasteiger partial charge in [0.25, 0.3) is 0 Å². The predicted octanol–water partition coefficient (Wildman–Crippen LogP) is 2.18. The molecule has 6 nitrogen and oxygen atoms in total. The lowest BCUT2D eigenvalue weighted by Crippen LogP contribution is -2.21. The van der Waals surface area contributed by atoms with Crippen molar-refractivity contribution in [1.82, 2.24) is 9.97 Å². The smallest absolute Gasteiger partial charge is 0.239 e. The molecular formula is C12H20ClN5O. The lowest BCUT2D eigenvalue weighted by Gasteiger charge is -2.22. The summed E-state index contributed by atoms with van der Waals surface area (Å²) in [5, 5.41) is 3.59. The number of anilines is 2. The maximum absolute atomic E-state index is 5.98. The number of ether oxygens (including phenoxy) is 1. The van der Waals surface area contributed by atoms with Crippen molar-refractivity contribution in [2.24, 2.45) is 5.84 Å². The molecule has 0 amide bonds. The number of hydrogen-bond donors (Lipinski definition) is 3. The Bertz CT molecular complexity index is 398. The van der Waals surface area contributed by atoms with E-state index in [9.17, 15) is 0 Å². The van der Waals surface area contributed by atoms with Crippen LogP contribution < -0.4 is 16.6 Å². The molecule has 0 spiro atoms. The van der Waals surface area contributed by atoms with Crippen LogP contribution in [0.3, 0.4) is 0 Å². The molecule has 106 valence electrons. The monoisotopic (exact) mass is 285 g/mol. The van der Waals surface area contributed by atoms with Crippen molar-refractivity contribution in [3.05, 3.63) is 11.2 Å². The average Bonchev–Trinajstić information content (AvgIpc) is 2.46. The van der Waals surface area contributed by atoms with Crippen molar-refractivity contribution < 1.29 is 4.74 Å². The fraction of sp³-hybridized carbons (Fsp3) is 0.667. The van der Waals surface area contributed by atoms with Crippen LogP contribution in [-0.4, -0.2) is 29.2 Å². The molecule has 2 rings (SSSR count). The highest BCUT2D eigenvalue weighted by Crippen LogP contribution is 2.21. The van der Waals surface area contributed by atoms with Gasteiger partial charge in [-0.25, -0.2) is 10.8 Å². The van der Waals surface area contributed by atoms with E-state index < -0.39 is 0 Å². The number of nitrogens with zero attached hydrogens (tertiary/aromatic N) is 2. The summed E-state index contributed by atoms with van der Waals surface area (Å²) in [4.78, 5) is 8.04. The first-order valence-electron chi connectivity index (χ1n) is 6.64. The summed E-state index contributed by atoms with van der Waals surface area (Å²) in [6.45, 7) is 1.31. The predicted molar refractivity (Wildman–Crippen MR) is 76.2 cm³/mol. The van der Waals surface area contributed by atoms with Gasteiger partial charge in [-0.2, -0.15) is 4.98 Å². The Kier molecular flexibility index (Phi) is 5.62. The molecule has 0 atom stereocenters. The molecular weight excluding hydrogens is 266 g/mol. The number of rotatable bonds is 6. The molecule has 1 aromatic heterocycles. The zero-order valence-corrected chi connectivity index (χ0v) is 11.6. The van der Waals surface area contributed by atoms with Crippen LogP contribution in [0.25, 0.3) is 0 Å². The second-order valence-electron chi connectivity index (χ2n) is 4.59. The largest absolute Gasteiger partial charge is 0.376 e. The minimum atomic E-state index is 0.333. The fourth-order valence-corrected chi connectivity index (χ4v) is 2.35. The lowest BCUT2D eigenvalue weighted by molar-refractivity contribution is 0.0347. The van der Waals surface area contributed by atoms with E-state index in [2.05, 4.69) is 20.7 Å². The van der Waals surface area contributed by atoms with Gasteiger partial charge >= 0.3 is 0 Å². The van der Waals surface area contributed by atoms with Gasteiger partial charge < -0.3 is 10.1 Å². The molecule has 1 fully saturated rings. The molecule has 1 aliphatic carbocycles. The zero-order valence-electron chi connectivity index (χ0n) is 10.9. The number of hydrogen-bond acceptors (Lipinski definition) is 6. The first-order chi connectivity index (χ1) is 9.29. The molecule has 19 heavy (non-hydrogen) atoms. The summed E-state index contributed by atoms with van der Waals surface area (Å²) in [5.74, 6) is 6.15. The molecule has 1 heterocycles. The molecule has 0 unspecified atom stereocenters. The maximum Gasteiger partial charge on any atom is 0.239 e. The van der Waals surface area contributed by atoms with Crippen molar-refractivity contribution in [3.63, 3.8) is 0 Å². The summed E-state index contributed by atoms with van der Waals surface area (Å²) in [6, 6.07) is 0. The Hall–Kier alpha value is -1.11. The van der Waals surface area contributed by atoms with Crippen LogP contribution in [0.15, 0.2) is 6.20 Å². The fourth-order valence-electron chi connectivity index (χ4n) is 2.19. The number of hydrazine groups is 1. The maximum atomic E-state index is 5.98. The Morgan fingerprint density at radius 3 is 2.89 bits per heavy atom. The lowest BCUT2D eigenvalue weighted by atomic mass is 9.98. The van der Waals surface area contributed by atoms with Crippen LogP contribution in [0.4, 0.5) is 11.8 Å². The Morgan fingerprint density at radius 1 is 1.37 bits per heavy atom. The van der Waals surface area contributed by atoms with Crippen molar-refractivity contribution in [2.45, 2.75) is 38.2 Å². The zero-order chi connectivity index (χ0) is 13.5. The van der Waals surface area contributed by atoms with Crippen molar-refractivity contribution >= 4 is 23.4 Å². The third kappa shape index (κ3) is 4.49. The summed E-state index contributed by atoms with van der Waals surface area (Å²) >= 11 is 5.98. The van der Waals surface area contributed by atoms with Gasteiger partial charge in [0.15, 0.2) is 5.82 Å². The first kappa shape index (κ1) is 14.3. The van der Waals surface area contributed by atoms with Gasteiger partial charge in [-0.1, -0.05) is 30.9 Å². The number of nitrogen functional groups attached to an aromatic ring is 1. The molecule has 1 saturated carbocycles. The molecule has 1 aromatic rings.